The van der Waals surface area contributed by atoms with Crippen LogP contribution in [0.25, 0.3) is 5.69 Å². The molecule has 1 fully saturated rings. The van der Waals surface area contributed by atoms with Gasteiger partial charge >= 0.3 is 6.03 Å². The van der Waals surface area contributed by atoms with E-state index in [1.165, 1.54) is 12.1 Å². The van der Waals surface area contributed by atoms with Gasteiger partial charge in [0.1, 0.15) is 11.4 Å². The maximum absolute atomic E-state index is 13.7. The second-order valence-electron chi connectivity index (χ2n) is 8.76. The summed E-state index contributed by atoms with van der Waals surface area (Å²) in [5.41, 5.74) is 3.16. The SMILES string of the molecule is Cc1cc(C(=O)CN2C(=O)N[C@]3(CCCc4ccccc43)C2=O)c(C)n1-c1cccc(F)c1. The van der Waals surface area contributed by atoms with E-state index in [1.54, 1.807) is 29.7 Å². The van der Waals surface area contributed by atoms with E-state index in [4.69, 9.17) is 0 Å². The molecule has 6 nitrogen and oxygen atoms in total. The van der Waals surface area contributed by atoms with E-state index >= 15 is 0 Å². The molecule has 33 heavy (non-hydrogen) atoms. The second kappa shape index (κ2) is 7.69. The van der Waals surface area contributed by atoms with Crippen LogP contribution in [0.3, 0.4) is 0 Å². The fourth-order valence-electron chi connectivity index (χ4n) is 5.24. The number of nitrogens with one attached hydrogen (secondary N) is 1. The van der Waals surface area contributed by atoms with Crippen LogP contribution in [0.1, 0.15) is 45.7 Å². The molecule has 5 rings (SSSR count). The number of urea groups is 1. The first-order chi connectivity index (χ1) is 15.8. The number of aryl methyl sites for hydroxylation is 2. The lowest BCUT2D eigenvalue weighted by Gasteiger charge is -2.33. The van der Waals surface area contributed by atoms with Crippen molar-refractivity contribution in [2.75, 3.05) is 6.54 Å². The van der Waals surface area contributed by atoms with E-state index in [2.05, 4.69) is 5.32 Å². The smallest absolute Gasteiger partial charge is 0.319 e. The Bertz CT molecular complexity index is 1310. The number of Topliss-reactive ketones (excluding diaryl/α,β-unsaturated/α-hetero) is 1. The van der Waals surface area contributed by atoms with Crippen molar-refractivity contribution < 1.29 is 18.8 Å². The molecule has 2 aliphatic rings. The minimum absolute atomic E-state index is 0.338. The number of nitrogens with zero attached hydrogens (tertiary/aromatic N) is 2. The number of hydrogen-bond donors (Lipinski definition) is 1. The van der Waals surface area contributed by atoms with E-state index in [0.29, 0.717) is 23.4 Å². The third kappa shape index (κ3) is 3.26. The summed E-state index contributed by atoms with van der Waals surface area (Å²) in [5.74, 6) is -1.09. The Kier molecular flexibility index (Phi) is 4.92. The zero-order chi connectivity index (χ0) is 23.3. The van der Waals surface area contributed by atoms with Crippen LogP contribution in [0.15, 0.2) is 54.6 Å². The molecule has 1 spiro atoms. The van der Waals surface area contributed by atoms with Gasteiger partial charge in [-0.15, -0.1) is 0 Å². The van der Waals surface area contributed by atoms with Gasteiger partial charge in [0.05, 0.1) is 6.54 Å². The quantitative estimate of drug-likeness (QED) is 0.483. The molecule has 1 aliphatic carbocycles. The van der Waals surface area contributed by atoms with E-state index < -0.39 is 11.6 Å². The summed E-state index contributed by atoms with van der Waals surface area (Å²) in [6.45, 7) is 3.26. The average Bonchev–Trinajstić information content (AvgIpc) is 3.22. The van der Waals surface area contributed by atoms with E-state index in [0.717, 1.165) is 34.6 Å². The molecule has 2 aromatic carbocycles. The summed E-state index contributed by atoms with van der Waals surface area (Å²) in [4.78, 5) is 40.6. The lowest BCUT2D eigenvalue weighted by atomic mass is 9.76. The van der Waals surface area contributed by atoms with Crippen LogP contribution in [0.4, 0.5) is 9.18 Å². The highest BCUT2D eigenvalue weighted by atomic mass is 19.1. The number of fused-ring (bicyclic) bond motifs is 2. The molecular formula is C26H24FN3O3. The first-order valence-corrected chi connectivity index (χ1v) is 11.0. The molecule has 0 bridgehead atoms. The van der Waals surface area contributed by atoms with Crippen LogP contribution >= 0.6 is 0 Å². The van der Waals surface area contributed by atoms with Crippen LogP contribution in [0, 0.1) is 19.7 Å². The minimum Gasteiger partial charge on any atom is -0.319 e. The highest BCUT2D eigenvalue weighted by molar-refractivity contribution is 6.12. The molecule has 1 aromatic heterocycles. The normalized spacial score (nSPS) is 19.7. The summed E-state index contributed by atoms with van der Waals surface area (Å²) in [6, 6.07) is 14.9. The minimum atomic E-state index is -1.11. The Morgan fingerprint density at radius 2 is 1.88 bits per heavy atom. The maximum atomic E-state index is 13.7. The number of rotatable bonds is 4. The molecule has 0 saturated carbocycles. The highest BCUT2D eigenvalue weighted by Gasteiger charge is 2.54. The fourth-order valence-corrected chi connectivity index (χ4v) is 5.24. The molecule has 7 heteroatoms. The summed E-state index contributed by atoms with van der Waals surface area (Å²) < 4.78 is 15.5. The van der Waals surface area contributed by atoms with Gasteiger partial charge in [-0.2, -0.15) is 0 Å². The predicted molar refractivity (Wildman–Crippen MR) is 121 cm³/mol. The van der Waals surface area contributed by atoms with Gasteiger partial charge in [0.2, 0.25) is 0 Å². The third-order valence-electron chi connectivity index (χ3n) is 6.75. The van der Waals surface area contributed by atoms with Crippen molar-refractivity contribution in [3.63, 3.8) is 0 Å². The van der Waals surface area contributed by atoms with Crippen molar-refractivity contribution in [1.29, 1.82) is 0 Å². The molecule has 3 aromatic rings. The number of amides is 3. The van der Waals surface area contributed by atoms with Gasteiger partial charge in [0.25, 0.3) is 5.91 Å². The number of hydrogen-bond acceptors (Lipinski definition) is 3. The number of halogens is 1. The molecule has 0 radical (unpaired) electrons. The van der Waals surface area contributed by atoms with Gasteiger partial charge in [-0.05, 0) is 68.5 Å². The second-order valence-corrected chi connectivity index (χ2v) is 8.76. The lowest BCUT2D eigenvalue weighted by Crippen LogP contribution is -2.46. The molecule has 0 unspecified atom stereocenters. The number of benzene rings is 2. The van der Waals surface area contributed by atoms with E-state index in [-0.39, 0.29) is 24.1 Å². The first kappa shape index (κ1) is 21.1. The summed E-state index contributed by atoms with van der Waals surface area (Å²) in [6.07, 6.45) is 2.14. The van der Waals surface area contributed by atoms with Crippen molar-refractivity contribution in [3.8, 4) is 5.69 Å². The van der Waals surface area contributed by atoms with Gasteiger partial charge in [-0.25, -0.2) is 9.18 Å². The van der Waals surface area contributed by atoms with Crippen molar-refractivity contribution >= 4 is 17.7 Å². The van der Waals surface area contributed by atoms with Crippen LogP contribution in [-0.4, -0.2) is 33.7 Å². The topological polar surface area (TPSA) is 71.4 Å². The molecule has 1 aliphatic heterocycles. The van der Waals surface area contributed by atoms with Gasteiger partial charge in [0.15, 0.2) is 5.78 Å². The summed E-state index contributed by atoms with van der Waals surface area (Å²) >= 11 is 0. The largest absolute Gasteiger partial charge is 0.325 e. The Balaban J connectivity index is 1.44. The molecular weight excluding hydrogens is 421 g/mol. The van der Waals surface area contributed by atoms with Gasteiger partial charge < -0.3 is 9.88 Å². The Morgan fingerprint density at radius 1 is 1.09 bits per heavy atom. The zero-order valence-electron chi connectivity index (χ0n) is 18.5. The number of aromatic nitrogens is 1. The lowest BCUT2D eigenvalue weighted by molar-refractivity contribution is -0.131. The standard InChI is InChI=1S/C26H24FN3O3/c1-16-13-21(17(2)30(16)20-10-5-9-19(27)14-20)23(31)15-29-24(32)26(28-25(29)33)12-6-8-18-7-3-4-11-22(18)26/h3-5,7,9-11,13-14H,6,8,12,15H2,1-2H3,(H,28,33)/t26-/m0/s1. The van der Waals surface area contributed by atoms with Crippen LogP contribution in [-0.2, 0) is 16.8 Å². The van der Waals surface area contributed by atoms with Crippen LogP contribution in [0.5, 0.6) is 0 Å². The van der Waals surface area contributed by atoms with Gasteiger partial charge in [-0.3, -0.25) is 14.5 Å². The van der Waals surface area contributed by atoms with Crippen LogP contribution in [0.2, 0.25) is 0 Å². The van der Waals surface area contributed by atoms with Gasteiger partial charge in [0, 0.05) is 22.6 Å². The fraction of sp³-hybridized carbons (Fsp3) is 0.269. The zero-order valence-corrected chi connectivity index (χ0v) is 18.5. The number of carbonyl (C=O) groups excluding carboxylic acids is 3. The van der Waals surface area contributed by atoms with Crippen molar-refractivity contribution in [2.24, 2.45) is 0 Å². The third-order valence-corrected chi connectivity index (χ3v) is 6.75. The van der Waals surface area contributed by atoms with Crippen molar-refractivity contribution in [3.05, 3.63) is 88.5 Å². The van der Waals surface area contributed by atoms with Crippen molar-refractivity contribution in [2.45, 2.75) is 38.6 Å². The first-order valence-electron chi connectivity index (χ1n) is 11.0. The molecule has 168 valence electrons. The highest BCUT2D eigenvalue weighted by Crippen LogP contribution is 2.40. The molecule has 1 N–H and O–H groups in total. The Labute approximate surface area is 191 Å². The Morgan fingerprint density at radius 3 is 2.67 bits per heavy atom. The average molecular weight is 445 g/mol. The number of ketones is 1. The molecule has 1 saturated heterocycles. The van der Waals surface area contributed by atoms with Gasteiger partial charge in [-0.1, -0.05) is 30.3 Å². The van der Waals surface area contributed by atoms with E-state index in [1.807, 2.05) is 31.2 Å². The monoisotopic (exact) mass is 445 g/mol. The summed E-state index contributed by atoms with van der Waals surface area (Å²) in [5, 5.41) is 2.88. The van der Waals surface area contributed by atoms with E-state index in [9.17, 15) is 18.8 Å². The molecule has 3 amide bonds. The predicted octanol–water partition coefficient (Wildman–Crippen LogP) is 4.20. The number of carbonyl (C=O) groups is 3. The summed E-state index contributed by atoms with van der Waals surface area (Å²) in [7, 11) is 0. The maximum Gasteiger partial charge on any atom is 0.325 e. The number of imide groups is 1. The van der Waals surface area contributed by atoms with Crippen LogP contribution < -0.4 is 5.32 Å². The molecule has 2 heterocycles. The Hall–Kier alpha value is -3.74. The van der Waals surface area contributed by atoms with Crippen molar-refractivity contribution in [1.82, 2.24) is 14.8 Å². The molecule has 1 atom stereocenters.